The average molecular weight is 257 g/mol. The van der Waals surface area contributed by atoms with E-state index in [9.17, 15) is 4.79 Å². The molecule has 1 unspecified atom stereocenters. The molecule has 5 nitrogen and oxygen atoms in total. The van der Waals surface area contributed by atoms with Crippen molar-refractivity contribution < 1.29 is 9.53 Å². The molecule has 1 rings (SSSR count). The number of aryl methyl sites for hydroxylation is 2. The van der Waals surface area contributed by atoms with Crippen molar-refractivity contribution in [1.82, 2.24) is 9.55 Å². The van der Waals surface area contributed by atoms with Gasteiger partial charge in [0.25, 0.3) is 0 Å². The van der Waals surface area contributed by atoms with E-state index in [1.807, 2.05) is 13.1 Å². The van der Waals surface area contributed by atoms with Crippen LogP contribution in [-0.4, -0.2) is 40.2 Å². The molecule has 0 aliphatic heterocycles. The van der Waals surface area contributed by atoms with Gasteiger partial charge in [-0.05, 0) is 19.1 Å². The lowest BCUT2D eigenvalue weighted by molar-refractivity contribution is -0.142. The van der Waals surface area contributed by atoms with Crippen LogP contribution < -0.4 is 5.73 Å². The van der Waals surface area contributed by atoms with Crippen LogP contribution in [0.25, 0.3) is 0 Å². The minimum atomic E-state index is -0.498. The standard InChI is InChI=1S/C11H19N3O2S/c1-9-13-4-5-14(9)6-8-17-7-3-10(12)11(15)16-2/h4-5,10H,3,6-8,12H2,1-2H3. The SMILES string of the molecule is COC(=O)C(N)CCSCCn1ccnc1C. The Bertz CT molecular complexity index is 354. The van der Waals surface area contributed by atoms with Crippen LogP contribution >= 0.6 is 11.8 Å². The molecular formula is C11H19N3O2S. The third kappa shape index (κ3) is 4.79. The Balaban J connectivity index is 2.09. The fourth-order valence-corrected chi connectivity index (χ4v) is 2.34. The van der Waals surface area contributed by atoms with Gasteiger partial charge in [-0.25, -0.2) is 4.98 Å². The number of methoxy groups -OCH3 is 1. The first kappa shape index (κ1) is 14.1. The molecular weight excluding hydrogens is 238 g/mol. The van der Waals surface area contributed by atoms with Gasteiger partial charge < -0.3 is 15.0 Å². The van der Waals surface area contributed by atoms with Crippen molar-refractivity contribution in [3.05, 3.63) is 18.2 Å². The van der Waals surface area contributed by atoms with Gasteiger partial charge in [-0.2, -0.15) is 11.8 Å². The monoisotopic (exact) mass is 257 g/mol. The van der Waals surface area contributed by atoms with Crippen molar-refractivity contribution in [3.8, 4) is 0 Å². The number of esters is 1. The summed E-state index contributed by atoms with van der Waals surface area (Å²) in [6.45, 7) is 2.92. The fraction of sp³-hybridized carbons (Fsp3) is 0.636. The van der Waals surface area contributed by atoms with Crippen LogP contribution in [0.3, 0.4) is 0 Å². The minimum absolute atomic E-state index is 0.337. The number of hydrogen-bond acceptors (Lipinski definition) is 5. The van der Waals surface area contributed by atoms with E-state index in [0.29, 0.717) is 6.42 Å². The van der Waals surface area contributed by atoms with Crippen LogP contribution in [0.2, 0.25) is 0 Å². The van der Waals surface area contributed by atoms with E-state index < -0.39 is 6.04 Å². The van der Waals surface area contributed by atoms with Crippen molar-refractivity contribution in [3.63, 3.8) is 0 Å². The number of nitrogens with two attached hydrogens (primary N) is 1. The molecule has 6 heteroatoms. The lowest BCUT2D eigenvalue weighted by atomic mass is 10.2. The third-order valence-electron chi connectivity index (χ3n) is 2.48. The zero-order chi connectivity index (χ0) is 12.7. The highest BCUT2D eigenvalue weighted by Crippen LogP contribution is 2.07. The van der Waals surface area contributed by atoms with E-state index in [0.717, 1.165) is 23.9 Å². The summed E-state index contributed by atoms with van der Waals surface area (Å²) in [6.07, 6.45) is 4.42. The first-order valence-electron chi connectivity index (χ1n) is 5.54. The van der Waals surface area contributed by atoms with Gasteiger partial charge in [-0.1, -0.05) is 0 Å². The number of ether oxygens (including phenoxy) is 1. The topological polar surface area (TPSA) is 70.1 Å². The van der Waals surface area contributed by atoms with Crippen LogP contribution in [0.15, 0.2) is 12.4 Å². The molecule has 0 bridgehead atoms. The molecule has 17 heavy (non-hydrogen) atoms. The molecule has 0 fully saturated rings. The number of imidazole rings is 1. The lowest BCUT2D eigenvalue weighted by Gasteiger charge is -2.09. The van der Waals surface area contributed by atoms with Gasteiger partial charge in [0.2, 0.25) is 0 Å². The minimum Gasteiger partial charge on any atom is -0.468 e. The van der Waals surface area contributed by atoms with E-state index >= 15 is 0 Å². The molecule has 0 aromatic carbocycles. The molecule has 2 N–H and O–H groups in total. The predicted octanol–water partition coefficient (Wildman–Crippen LogP) is 0.815. The third-order valence-corrected chi connectivity index (χ3v) is 3.47. The average Bonchev–Trinajstić information content (AvgIpc) is 2.73. The second kappa shape index (κ2) is 7.34. The highest BCUT2D eigenvalue weighted by molar-refractivity contribution is 7.99. The van der Waals surface area contributed by atoms with Gasteiger partial charge >= 0.3 is 5.97 Å². The lowest BCUT2D eigenvalue weighted by Crippen LogP contribution is -2.32. The highest BCUT2D eigenvalue weighted by Gasteiger charge is 2.12. The zero-order valence-corrected chi connectivity index (χ0v) is 11.1. The number of carbonyl (C=O) groups is 1. The summed E-state index contributed by atoms with van der Waals surface area (Å²) in [5.74, 6) is 2.54. The maximum absolute atomic E-state index is 11.0. The summed E-state index contributed by atoms with van der Waals surface area (Å²) in [5, 5.41) is 0. The molecule has 96 valence electrons. The van der Waals surface area contributed by atoms with E-state index in [4.69, 9.17) is 5.73 Å². The Morgan fingerprint density at radius 3 is 3.00 bits per heavy atom. The maximum Gasteiger partial charge on any atom is 0.322 e. The van der Waals surface area contributed by atoms with Gasteiger partial charge in [0.05, 0.1) is 7.11 Å². The summed E-state index contributed by atoms with van der Waals surface area (Å²) in [6, 6.07) is -0.498. The molecule has 0 aliphatic carbocycles. The Morgan fingerprint density at radius 1 is 1.65 bits per heavy atom. The second-order valence-electron chi connectivity index (χ2n) is 3.70. The van der Waals surface area contributed by atoms with E-state index in [-0.39, 0.29) is 5.97 Å². The Morgan fingerprint density at radius 2 is 2.41 bits per heavy atom. The number of carbonyl (C=O) groups excluding carboxylic acids is 1. The number of nitrogens with zero attached hydrogens (tertiary/aromatic N) is 2. The van der Waals surface area contributed by atoms with Crippen LogP contribution in [-0.2, 0) is 16.1 Å². The zero-order valence-electron chi connectivity index (χ0n) is 10.3. The van der Waals surface area contributed by atoms with Gasteiger partial charge in [-0.3, -0.25) is 4.79 Å². The van der Waals surface area contributed by atoms with Crippen LogP contribution in [0.4, 0.5) is 0 Å². The van der Waals surface area contributed by atoms with Crippen molar-refractivity contribution in [2.45, 2.75) is 25.9 Å². The Kier molecular flexibility index (Phi) is 6.07. The molecule has 1 atom stereocenters. The second-order valence-corrected chi connectivity index (χ2v) is 4.92. The van der Waals surface area contributed by atoms with Gasteiger partial charge in [0.1, 0.15) is 11.9 Å². The summed E-state index contributed by atoms with van der Waals surface area (Å²) < 4.78 is 6.66. The summed E-state index contributed by atoms with van der Waals surface area (Å²) in [7, 11) is 1.36. The Hall–Kier alpha value is -1.01. The summed E-state index contributed by atoms with van der Waals surface area (Å²) in [4.78, 5) is 15.2. The van der Waals surface area contributed by atoms with Crippen molar-refractivity contribution in [1.29, 1.82) is 0 Å². The number of thioether (sulfide) groups is 1. The van der Waals surface area contributed by atoms with Crippen molar-refractivity contribution >= 4 is 17.7 Å². The van der Waals surface area contributed by atoms with E-state index in [1.165, 1.54) is 7.11 Å². The fourth-order valence-electron chi connectivity index (χ4n) is 1.38. The number of rotatable bonds is 7. The van der Waals surface area contributed by atoms with Gasteiger partial charge in [0.15, 0.2) is 0 Å². The smallest absolute Gasteiger partial charge is 0.322 e. The molecule has 0 spiro atoms. The van der Waals surface area contributed by atoms with E-state index in [1.54, 1.807) is 18.0 Å². The van der Waals surface area contributed by atoms with Crippen LogP contribution in [0.5, 0.6) is 0 Å². The largest absolute Gasteiger partial charge is 0.468 e. The number of hydrogen-bond donors (Lipinski definition) is 1. The van der Waals surface area contributed by atoms with Crippen molar-refractivity contribution in [2.75, 3.05) is 18.6 Å². The Labute approximate surface area is 106 Å². The first-order valence-corrected chi connectivity index (χ1v) is 6.69. The normalized spacial score (nSPS) is 12.4. The quantitative estimate of drug-likeness (QED) is 0.578. The molecule has 1 aromatic rings. The molecule has 1 aromatic heterocycles. The van der Waals surface area contributed by atoms with E-state index in [2.05, 4.69) is 14.3 Å². The van der Waals surface area contributed by atoms with Crippen LogP contribution in [0.1, 0.15) is 12.2 Å². The van der Waals surface area contributed by atoms with Crippen molar-refractivity contribution in [2.24, 2.45) is 5.73 Å². The predicted molar refractivity (Wildman–Crippen MR) is 68.9 cm³/mol. The molecule has 0 saturated carbocycles. The molecule has 0 saturated heterocycles. The number of aromatic nitrogens is 2. The molecule has 0 amide bonds. The first-order chi connectivity index (χ1) is 8.15. The molecule has 0 aliphatic rings. The molecule has 1 heterocycles. The maximum atomic E-state index is 11.0. The van der Waals surface area contributed by atoms with Crippen LogP contribution in [0, 0.1) is 6.92 Å². The summed E-state index contributed by atoms with van der Waals surface area (Å²) in [5.41, 5.74) is 5.63. The molecule has 0 radical (unpaired) electrons. The highest BCUT2D eigenvalue weighted by atomic mass is 32.2. The van der Waals surface area contributed by atoms with Gasteiger partial charge in [0, 0.05) is 24.7 Å². The van der Waals surface area contributed by atoms with Gasteiger partial charge in [-0.15, -0.1) is 0 Å². The summed E-state index contributed by atoms with van der Waals surface area (Å²) >= 11 is 1.78.